The van der Waals surface area contributed by atoms with Crippen LogP contribution in [0.15, 0.2) is 5.16 Å². The smallest absolute Gasteiger partial charge is 0.236 e. The summed E-state index contributed by atoms with van der Waals surface area (Å²) in [5.41, 5.74) is 4.80. The number of rotatable bonds is 2. The van der Waals surface area contributed by atoms with Gasteiger partial charge >= 0.3 is 0 Å². The molecule has 2 fully saturated rings. The molecular weight excluding hydrogens is 236 g/mol. The highest BCUT2D eigenvalue weighted by atomic mass is 16.4. The molecule has 1 aliphatic heterocycles. The number of piperazine rings is 1. The van der Waals surface area contributed by atoms with Crippen LogP contribution in [0.2, 0.25) is 0 Å². The first-order valence-corrected chi connectivity index (χ1v) is 6.04. The number of hydrogen-bond acceptors (Lipinski definition) is 4. The lowest BCUT2D eigenvalue weighted by Gasteiger charge is -2.35. The van der Waals surface area contributed by atoms with Crippen LogP contribution in [0, 0.1) is 5.41 Å². The summed E-state index contributed by atoms with van der Waals surface area (Å²) in [7, 11) is 0. The predicted molar refractivity (Wildman–Crippen MR) is 63.9 cm³/mol. The largest absolute Gasteiger partial charge is 0.409 e. The lowest BCUT2D eigenvalue weighted by atomic mass is 10.0. The summed E-state index contributed by atoms with van der Waals surface area (Å²) in [5.74, 6) is -0.0535. The monoisotopic (exact) mass is 254 g/mol. The molecule has 0 atom stereocenters. The van der Waals surface area contributed by atoms with Gasteiger partial charge in [-0.2, -0.15) is 0 Å². The van der Waals surface area contributed by atoms with Crippen molar-refractivity contribution < 1.29 is 14.8 Å². The maximum absolute atomic E-state index is 12.3. The van der Waals surface area contributed by atoms with Crippen LogP contribution in [0.3, 0.4) is 0 Å². The van der Waals surface area contributed by atoms with Crippen LogP contribution in [-0.4, -0.2) is 58.8 Å². The van der Waals surface area contributed by atoms with E-state index >= 15 is 0 Å². The molecule has 2 aliphatic rings. The van der Waals surface area contributed by atoms with Gasteiger partial charge in [0.05, 0.1) is 0 Å². The highest BCUT2D eigenvalue weighted by Crippen LogP contribution is 2.47. The summed E-state index contributed by atoms with van der Waals surface area (Å²) >= 11 is 0. The first kappa shape index (κ1) is 12.7. The molecule has 0 unspecified atom stereocenters. The first-order valence-electron chi connectivity index (χ1n) is 6.04. The lowest BCUT2D eigenvalue weighted by molar-refractivity contribution is -0.140. The topological polar surface area (TPSA) is 99.2 Å². The van der Waals surface area contributed by atoms with Crippen LogP contribution >= 0.6 is 0 Å². The Morgan fingerprint density at radius 2 is 1.67 bits per heavy atom. The van der Waals surface area contributed by atoms with Crippen molar-refractivity contribution >= 4 is 17.6 Å². The van der Waals surface area contributed by atoms with Crippen LogP contribution in [0.4, 0.5) is 0 Å². The summed E-state index contributed by atoms with van der Waals surface area (Å²) in [6.07, 6.45) is 1.27. The summed E-state index contributed by atoms with van der Waals surface area (Å²) in [6.45, 7) is 3.65. The third kappa shape index (κ3) is 2.00. The van der Waals surface area contributed by atoms with E-state index < -0.39 is 5.41 Å². The average Bonchev–Trinajstić information content (AvgIpc) is 3.18. The van der Waals surface area contributed by atoms with Crippen molar-refractivity contribution in [3.63, 3.8) is 0 Å². The fourth-order valence-corrected chi connectivity index (χ4v) is 2.33. The summed E-state index contributed by atoms with van der Waals surface area (Å²) < 4.78 is 0. The second-order valence-electron chi connectivity index (χ2n) is 4.87. The zero-order valence-electron chi connectivity index (χ0n) is 10.4. The van der Waals surface area contributed by atoms with Crippen LogP contribution in [0.5, 0.6) is 0 Å². The standard InChI is InChI=1S/C11H18N4O3/c1-8(16)14-4-6-15(7-5-14)10(17)11(2-3-11)9(12)13-18/h18H,2-7H2,1H3,(H2,12,13). The molecule has 1 saturated carbocycles. The van der Waals surface area contributed by atoms with E-state index in [2.05, 4.69) is 5.16 Å². The fourth-order valence-electron chi connectivity index (χ4n) is 2.33. The molecule has 0 aromatic heterocycles. The Hall–Kier alpha value is -1.79. The number of nitrogens with zero attached hydrogens (tertiary/aromatic N) is 3. The van der Waals surface area contributed by atoms with Crippen molar-refractivity contribution in [1.29, 1.82) is 0 Å². The second-order valence-corrected chi connectivity index (χ2v) is 4.87. The molecule has 7 nitrogen and oxygen atoms in total. The van der Waals surface area contributed by atoms with Crippen molar-refractivity contribution in [2.45, 2.75) is 19.8 Å². The Kier molecular flexibility index (Phi) is 3.14. The van der Waals surface area contributed by atoms with Gasteiger partial charge in [-0.05, 0) is 12.8 Å². The van der Waals surface area contributed by atoms with Gasteiger partial charge < -0.3 is 20.7 Å². The van der Waals surface area contributed by atoms with E-state index in [1.807, 2.05) is 0 Å². The minimum atomic E-state index is -0.785. The summed E-state index contributed by atoms with van der Waals surface area (Å²) in [4.78, 5) is 26.9. The van der Waals surface area contributed by atoms with Gasteiger partial charge in [0.2, 0.25) is 11.8 Å². The van der Waals surface area contributed by atoms with E-state index in [9.17, 15) is 9.59 Å². The molecule has 7 heteroatoms. The molecule has 3 N–H and O–H groups in total. The number of amidine groups is 1. The molecule has 1 saturated heterocycles. The normalized spacial score (nSPS) is 22.8. The number of hydrogen-bond donors (Lipinski definition) is 2. The SMILES string of the molecule is CC(=O)N1CCN(C(=O)C2(C(N)=NO)CC2)CC1. The molecular formula is C11H18N4O3. The molecule has 0 aromatic rings. The highest BCUT2D eigenvalue weighted by Gasteiger charge is 2.56. The molecule has 2 rings (SSSR count). The number of oxime groups is 1. The molecule has 2 amide bonds. The predicted octanol–water partition coefficient (Wildman–Crippen LogP) is -0.796. The van der Waals surface area contributed by atoms with Crippen molar-refractivity contribution in [3.8, 4) is 0 Å². The Morgan fingerprint density at radius 1 is 1.17 bits per heavy atom. The average molecular weight is 254 g/mol. The molecule has 18 heavy (non-hydrogen) atoms. The van der Waals surface area contributed by atoms with E-state index in [1.54, 1.807) is 9.80 Å². The highest BCUT2D eigenvalue weighted by molar-refractivity contribution is 6.09. The van der Waals surface area contributed by atoms with Gasteiger partial charge in [0.15, 0.2) is 5.84 Å². The van der Waals surface area contributed by atoms with Gasteiger partial charge in [-0.25, -0.2) is 0 Å². The third-order valence-corrected chi connectivity index (χ3v) is 3.77. The van der Waals surface area contributed by atoms with E-state index in [-0.39, 0.29) is 17.6 Å². The molecule has 0 radical (unpaired) electrons. The number of nitrogens with two attached hydrogens (primary N) is 1. The minimum Gasteiger partial charge on any atom is -0.409 e. The van der Waals surface area contributed by atoms with E-state index in [4.69, 9.17) is 10.9 Å². The quantitative estimate of drug-likeness (QED) is 0.292. The zero-order valence-corrected chi connectivity index (χ0v) is 10.4. The summed E-state index contributed by atoms with van der Waals surface area (Å²) in [6, 6.07) is 0. The Labute approximate surface area is 105 Å². The molecule has 1 heterocycles. The number of carbonyl (C=O) groups is 2. The van der Waals surface area contributed by atoms with E-state index in [1.165, 1.54) is 6.92 Å². The Balaban J connectivity index is 1.98. The maximum Gasteiger partial charge on any atom is 0.236 e. The summed E-state index contributed by atoms with van der Waals surface area (Å²) in [5, 5.41) is 11.7. The van der Waals surface area contributed by atoms with Gasteiger partial charge in [0.25, 0.3) is 0 Å². The van der Waals surface area contributed by atoms with Crippen molar-refractivity contribution in [2.24, 2.45) is 16.3 Å². The van der Waals surface area contributed by atoms with Gasteiger partial charge in [0, 0.05) is 33.1 Å². The van der Waals surface area contributed by atoms with Crippen molar-refractivity contribution in [1.82, 2.24) is 9.80 Å². The lowest BCUT2D eigenvalue weighted by Crippen LogP contribution is -2.53. The Morgan fingerprint density at radius 3 is 2.06 bits per heavy atom. The van der Waals surface area contributed by atoms with Crippen molar-refractivity contribution in [2.75, 3.05) is 26.2 Å². The minimum absolute atomic E-state index is 0.00139. The van der Waals surface area contributed by atoms with Gasteiger partial charge in [-0.3, -0.25) is 9.59 Å². The van der Waals surface area contributed by atoms with Crippen LogP contribution in [0.1, 0.15) is 19.8 Å². The van der Waals surface area contributed by atoms with Crippen molar-refractivity contribution in [3.05, 3.63) is 0 Å². The van der Waals surface area contributed by atoms with Crippen LogP contribution < -0.4 is 5.73 Å². The molecule has 0 spiro atoms. The van der Waals surface area contributed by atoms with Crippen LogP contribution in [0.25, 0.3) is 0 Å². The number of amides is 2. The fraction of sp³-hybridized carbons (Fsp3) is 0.727. The molecule has 1 aliphatic carbocycles. The number of carbonyl (C=O) groups excluding carboxylic acids is 2. The van der Waals surface area contributed by atoms with E-state index in [0.29, 0.717) is 39.0 Å². The molecule has 100 valence electrons. The molecule has 0 bridgehead atoms. The zero-order chi connectivity index (χ0) is 13.3. The molecule has 0 aromatic carbocycles. The maximum atomic E-state index is 12.3. The van der Waals surface area contributed by atoms with Gasteiger partial charge in [-0.1, -0.05) is 5.16 Å². The van der Waals surface area contributed by atoms with Crippen LogP contribution in [-0.2, 0) is 9.59 Å². The second kappa shape index (κ2) is 4.47. The van der Waals surface area contributed by atoms with Gasteiger partial charge in [0.1, 0.15) is 5.41 Å². The van der Waals surface area contributed by atoms with E-state index in [0.717, 1.165) is 0 Å². The Bertz CT molecular complexity index is 395. The third-order valence-electron chi connectivity index (χ3n) is 3.77. The van der Waals surface area contributed by atoms with Gasteiger partial charge in [-0.15, -0.1) is 0 Å². The first-order chi connectivity index (χ1) is 8.51.